The summed E-state index contributed by atoms with van der Waals surface area (Å²) in [5.41, 5.74) is -0.107. The van der Waals surface area contributed by atoms with E-state index in [9.17, 15) is 9.90 Å². The lowest BCUT2D eigenvalue weighted by atomic mass is 10.0. The first kappa shape index (κ1) is 16.9. The van der Waals surface area contributed by atoms with E-state index in [4.69, 9.17) is 14.2 Å². The number of hydrogen-bond acceptors (Lipinski definition) is 5. The zero-order chi connectivity index (χ0) is 17.2. The summed E-state index contributed by atoms with van der Waals surface area (Å²) in [6.07, 6.45) is 2.06. The van der Waals surface area contributed by atoms with Gasteiger partial charge in [0.15, 0.2) is 11.5 Å². The fourth-order valence-corrected chi connectivity index (χ4v) is 2.98. The number of nitrogens with one attached hydrogen (secondary N) is 2. The second kappa shape index (κ2) is 6.49. The first-order chi connectivity index (χ1) is 11.5. The fourth-order valence-electron chi connectivity index (χ4n) is 2.98. The van der Waals surface area contributed by atoms with Crippen molar-refractivity contribution < 1.29 is 24.1 Å². The predicted molar refractivity (Wildman–Crippen MR) is 88.4 cm³/mol. The van der Waals surface area contributed by atoms with Gasteiger partial charge in [0, 0.05) is 31.2 Å². The van der Waals surface area contributed by atoms with E-state index >= 15 is 0 Å². The lowest BCUT2D eigenvalue weighted by molar-refractivity contribution is -0.0843. The topological polar surface area (TPSA) is 89.1 Å². The highest BCUT2D eigenvalue weighted by Gasteiger charge is 2.39. The van der Waals surface area contributed by atoms with E-state index in [0.29, 0.717) is 36.8 Å². The number of anilines is 1. The van der Waals surface area contributed by atoms with Gasteiger partial charge in [-0.05, 0) is 18.6 Å². The van der Waals surface area contributed by atoms with E-state index in [1.807, 2.05) is 13.8 Å². The Morgan fingerprint density at radius 2 is 2.00 bits per heavy atom. The van der Waals surface area contributed by atoms with Crippen molar-refractivity contribution in [2.45, 2.75) is 44.4 Å². The Labute approximate surface area is 141 Å². The summed E-state index contributed by atoms with van der Waals surface area (Å²) >= 11 is 0. The highest BCUT2D eigenvalue weighted by Crippen LogP contribution is 2.43. The molecule has 0 aliphatic carbocycles. The van der Waals surface area contributed by atoms with Crippen molar-refractivity contribution in [3.05, 3.63) is 18.2 Å². The minimum Gasteiger partial charge on any atom is -0.448 e. The summed E-state index contributed by atoms with van der Waals surface area (Å²) in [6.45, 7) is 4.71. The molecule has 0 bridgehead atoms. The number of fused-ring (bicyclic) bond motifs is 1. The molecule has 2 aliphatic rings. The highest BCUT2D eigenvalue weighted by molar-refractivity contribution is 5.90. The van der Waals surface area contributed by atoms with Crippen LogP contribution in [-0.2, 0) is 4.74 Å². The van der Waals surface area contributed by atoms with Gasteiger partial charge in [-0.2, -0.15) is 0 Å². The average Bonchev–Trinajstić information content (AvgIpc) is 3.19. The van der Waals surface area contributed by atoms with E-state index in [1.54, 1.807) is 18.2 Å². The van der Waals surface area contributed by atoms with Crippen molar-refractivity contribution in [1.29, 1.82) is 0 Å². The average molecular weight is 336 g/mol. The van der Waals surface area contributed by atoms with Gasteiger partial charge in [-0.25, -0.2) is 4.79 Å². The van der Waals surface area contributed by atoms with Crippen LogP contribution in [0.1, 0.15) is 33.1 Å². The standard InChI is InChI=1S/C17H24N2O5/c1-3-17(4-2)23-13-6-5-12(9-14(13)24-17)18-15(21)19-16(10-20)7-8-22-11-16/h5-6,9,20H,3-4,7-8,10-11H2,1-2H3,(H2,18,19,21). The minimum absolute atomic E-state index is 0.156. The van der Waals surface area contributed by atoms with Crippen LogP contribution in [0.25, 0.3) is 0 Å². The van der Waals surface area contributed by atoms with Crippen LogP contribution in [0.2, 0.25) is 0 Å². The summed E-state index contributed by atoms with van der Waals surface area (Å²) in [5, 5.41) is 15.1. The molecule has 132 valence electrons. The molecular weight excluding hydrogens is 312 g/mol. The number of aliphatic hydroxyl groups is 1. The highest BCUT2D eigenvalue weighted by atomic mass is 16.7. The van der Waals surface area contributed by atoms with E-state index in [-0.39, 0.29) is 12.6 Å². The van der Waals surface area contributed by atoms with Crippen molar-refractivity contribution in [2.24, 2.45) is 0 Å². The SMILES string of the molecule is CCC1(CC)Oc2ccc(NC(=O)NC3(CO)CCOC3)cc2O1. The van der Waals surface area contributed by atoms with E-state index in [1.165, 1.54) is 0 Å². The molecule has 2 amide bonds. The van der Waals surface area contributed by atoms with Gasteiger partial charge in [-0.15, -0.1) is 0 Å². The summed E-state index contributed by atoms with van der Waals surface area (Å²) in [4.78, 5) is 12.2. The molecule has 0 aromatic heterocycles. The van der Waals surface area contributed by atoms with Crippen LogP contribution in [0.15, 0.2) is 18.2 Å². The fraction of sp³-hybridized carbons (Fsp3) is 0.588. The Morgan fingerprint density at radius 3 is 2.62 bits per heavy atom. The third kappa shape index (κ3) is 3.14. The number of carbonyl (C=O) groups is 1. The molecule has 1 unspecified atom stereocenters. The molecule has 1 fully saturated rings. The summed E-state index contributed by atoms with van der Waals surface area (Å²) < 4.78 is 17.1. The number of rotatable bonds is 5. The molecule has 2 aliphatic heterocycles. The number of hydrogen-bond donors (Lipinski definition) is 3. The van der Waals surface area contributed by atoms with Crippen LogP contribution >= 0.6 is 0 Å². The molecule has 1 atom stereocenters. The summed E-state index contributed by atoms with van der Waals surface area (Å²) in [6, 6.07) is 4.92. The maximum absolute atomic E-state index is 12.2. The molecular formula is C17H24N2O5. The predicted octanol–water partition coefficient (Wildman–Crippen LogP) is 2.25. The Hall–Kier alpha value is -1.99. The van der Waals surface area contributed by atoms with Crippen LogP contribution in [0, 0.1) is 0 Å². The Morgan fingerprint density at radius 1 is 1.25 bits per heavy atom. The lowest BCUT2D eigenvalue weighted by Crippen LogP contribution is -2.53. The van der Waals surface area contributed by atoms with E-state index in [0.717, 1.165) is 12.8 Å². The van der Waals surface area contributed by atoms with Gasteiger partial charge < -0.3 is 30.0 Å². The van der Waals surface area contributed by atoms with Gasteiger partial charge in [0.25, 0.3) is 5.79 Å². The van der Waals surface area contributed by atoms with Crippen LogP contribution in [0.3, 0.4) is 0 Å². The summed E-state index contributed by atoms with van der Waals surface area (Å²) in [7, 11) is 0. The molecule has 0 saturated carbocycles. The van der Waals surface area contributed by atoms with Crippen LogP contribution < -0.4 is 20.1 Å². The molecule has 0 radical (unpaired) electrons. The molecule has 1 saturated heterocycles. The van der Waals surface area contributed by atoms with Gasteiger partial charge in [0.1, 0.15) is 0 Å². The van der Waals surface area contributed by atoms with Gasteiger partial charge in [0.2, 0.25) is 0 Å². The molecule has 2 heterocycles. The van der Waals surface area contributed by atoms with Crippen molar-refractivity contribution in [3.8, 4) is 11.5 Å². The van der Waals surface area contributed by atoms with Crippen LogP contribution in [-0.4, -0.2) is 42.3 Å². The molecule has 3 N–H and O–H groups in total. The maximum atomic E-state index is 12.2. The second-order valence-electron chi connectivity index (χ2n) is 6.30. The van der Waals surface area contributed by atoms with Gasteiger partial charge in [-0.3, -0.25) is 0 Å². The zero-order valence-corrected chi connectivity index (χ0v) is 14.1. The summed E-state index contributed by atoms with van der Waals surface area (Å²) in [5.74, 6) is 0.684. The van der Waals surface area contributed by atoms with E-state index in [2.05, 4.69) is 10.6 Å². The van der Waals surface area contributed by atoms with Crippen molar-refractivity contribution in [2.75, 3.05) is 25.1 Å². The van der Waals surface area contributed by atoms with Gasteiger partial charge in [0.05, 0.1) is 18.8 Å². The zero-order valence-electron chi connectivity index (χ0n) is 14.1. The first-order valence-corrected chi connectivity index (χ1v) is 8.33. The number of carbonyl (C=O) groups excluding carboxylic acids is 1. The quantitative estimate of drug-likeness (QED) is 0.767. The normalized spacial score (nSPS) is 24.0. The third-order valence-electron chi connectivity index (χ3n) is 4.66. The molecule has 1 aromatic carbocycles. The van der Waals surface area contributed by atoms with Gasteiger partial charge in [-0.1, -0.05) is 13.8 Å². The smallest absolute Gasteiger partial charge is 0.319 e. The van der Waals surface area contributed by atoms with Crippen LogP contribution in [0.4, 0.5) is 10.5 Å². The third-order valence-corrected chi connectivity index (χ3v) is 4.66. The van der Waals surface area contributed by atoms with Crippen molar-refractivity contribution in [3.63, 3.8) is 0 Å². The van der Waals surface area contributed by atoms with Crippen molar-refractivity contribution in [1.82, 2.24) is 5.32 Å². The molecule has 7 heteroatoms. The first-order valence-electron chi connectivity index (χ1n) is 8.33. The van der Waals surface area contributed by atoms with Gasteiger partial charge >= 0.3 is 6.03 Å². The number of aliphatic hydroxyl groups excluding tert-OH is 1. The minimum atomic E-state index is -0.708. The van der Waals surface area contributed by atoms with Crippen LogP contribution in [0.5, 0.6) is 11.5 Å². The second-order valence-corrected chi connectivity index (χ2v) is 6.30. The largest absolute Gasteiger partial charge is 0.448 e. The molecule has 0 spiro atoms. The molecule has 1 aromatic rings. The molecule has 3 rings (SSSR count). The number of urea groups is 1. The molecule has 7 nitrogen and oxygen atoms in total. The number of benzene rings is 1. The number of amides is 2. The Bertz CT molecular complexity index is 609. The lowest BCUT2D eigenvalue weighted by Gasteiger charge is -2.26. The maximum Gasteiger partial charge on any atom is 0.319 e. The Balaban J connectivity index is 1.66. The Kier molecular flexibility index (Phi) is 4.56. The van der Waals surface area contributed by atoms with Crippen molar-refractivity contribution >= 4 is 11.7 Å². The van der Waals surface area contributed by atoms with E-state index < -0.39 is 11.3 Å². The molecule has 24 heavy (non-hydrogen) atoms. The monoisotopic (exact) mass is 336 g/mol. The number of ether oxygens (including phenoxy) is 3.